The summed E-state index contributed by atoms with van der Waals surface area (Å²) in [6.45, 7) is 7.15. The van der Waals surface area contributed by atoms with Crippen molar-refractivity contribution in [2.24, 2.45) is 5.41 Å². The zero-order chi connectivity index (χ0) is 13.1. The van der Waals surface area contributed by atoms with Gasteiger partial charge in [0.25, 0.3) is 5.69 Å². The maximum absolute atomic E-state index is 10.8. The molecule has 0 saturated heterocycles. The number of hydrogen-bond acceptors (Lipinski definition) is 3. The summed E-state index contributed by atoms with van der Waals surface area (Å²) in [4.78, 5) is 10.5. The average molecular weight is 301 g/mol. The third-order valence-electron chi connectivity index (χ3n) is 2.35. The van der Waals surface area contributed by atoms with Crippen molar-refractivity contribution in [3.63, 3.8) is 0 Å². The van der Waals surface area contributed by atoms with E-state index < -0.39 is 0 Å². The van der Waals surface area contributed by atoms with Crippen LogP contribution in [0.1, 0.15) is 27.2 Å². The van der Waals surface area contributed by atoms with Gasteiger partial charge in [-0.15, -0.1) is 0 Å². The smallest absolute Gasteiger partial charge is 0.292 e. The predicted octanol–water partition coefficient (Wildman–Crippen LogP) is 4.21. The van der Waals surface area contributed by atoms with Crippen LogP contribution in [0.3, 0.4) is 0 Å². The second kappa shape index (κ2) is 5.49. The van der Waals surface area contributed by atoms with Crippen LogP contribution in [0.25, 0.3) is 0 Å². The van der Waals surface area contributed by atoms with Crippen molar-refractivity contribution in [2.45, 2.75) is 27.2 Å². The molecule has 0 saturated carbocycles. The van der Waals surface area contributed by atoms with Gasteiger partial charge in [0.15, 0.2) is 0 Å². The zero-order valence-corrected chi connectivity index (χ0v) is 11.9. The van der Waals surface area contributed by atoms with E-state index in [9.17, 15) is 10.1 Å². The lowest BCUT2D eigenvalue weighted by Crippen LogP contribution is -2.13. The Morgan fingerprint density at radius 2 is 2.06 bits per heavy atom. The van der Waals surface area contributed by atoms with E-state index in [1.165, 1.54) is 6.07 Å². The SMILES string of the molecule is CC(C)(C)CCNc1cc(Br)ccc1[N+](=O)[O-]. The van der Waals surface area contributed by atoms with Gasteiger partial charge < -0.3 is 5.32 Å². The largest absolute Gasteiger partial charge is 0.379 e. The molecule has 0 aliphatic heterocycles. The van der Waals surface area contributed by atoms with Gasteiger partial charge in [-0.05, 0) is 24.0 Å². The molecule has 0 radical (unpaired) electrons. The molecule has 0 aromatic heterocycles. The fourth-order valence-corrected chi connectivity index (χ4v) is 1.74. The van der Waals surface area contributed by atoms with E-state index in [0.717, 1.165) is 17.4 Å². The van der Waals surface area contributed by atoms with E-state index in [1.54, 1.807) is 12.1 Å². The van der Waals surface area contributed by atoms with Crippen LogP contribution in [-0.2, 0) is 0 Å². The Hall–Kier alpha value is -1.10. The molecule has 0 spiro atoms. The molecule has 1 N–H and O–H groups in total. The van der Waals surface area contributed by atoms with Crippen LogP contribution >= 0.6 is 15.9 Å². The number of nitrogens with one attached hydrogen (secondary N) is 1. The summed E-state index contributed by atoms with van der Waals surface area (Å²) in [6.07, 6.45) is 0.955. The van der Waals surface area contributed by atoms with Gasteiger partial charge in [0.2, 0.25) is 0 Å². The summed E-state index contributed by atoms with van der Waals surface area (Å²) < 4.78 is 0.835. The Morgan fingerprint density at radius 1 is 1.41 bits per heavy atom. The minimum Gasteiger partial charge on any atom is -0.379 e. The van der Waals surface area contributed by atoms with E-state index in [-0.39, 0.29) is 16.0 Å². The molecule has 0 fully saturated rings. The third kappa shape index (κ3) is 4.73. The molecule has 4 nitrogen and oxygen atoms in total. The first-order valence-electron chi connectivity index (χ1n) is 5.47. The van der Waals surface area contributed by atoms with Gasteiger partial charge in [-0.2, -0.15) is 0 Å². The number of anilines is 1. The van der Waals surface area contributed by atoms with E-state index in [1.807, 2.05) is 0 Å². The van der Waals surface area contributed by atoms with E-state index in [2.05, 4.69) is 42.0 Å². The van der Waals surface area contributed by atoms with Gasteiger partial charge in [0.05, 0.1) is 4.92 Å². The molecule has 94 valence electrons. The maximum Gasteiger partial charge on any atom is 0.292 e. The topological polar surface area (TPSA) is 55.2 Å². The molecule has 1 aromatic rings. The number of nitro benzene ring substituents is 1. The number of halogens is 1. The van der Waals surface area contributed by atoms with Crippen molar-refractivity contribution in [2.75, 3.05) is 11.9 Å². The minimum atomic E-state index is -0.369. The first kappa shape index (κ1) is 14.0. The second-order valence-electron chi connectivity index (χ2n) is 5.16. The Labute approximate surface area is 110 Å². The van der Waals surface area contributed by atoms with E-state index in [4.69, 9.17) is 0 Å². The molecule has 0 heterocycles. The van der Waals surface area contributed by atoms with Crippen LogP contribution in [0.5, 0.6) is 0 Å². The predicted molar refractivity (Wildman–Crippen MR) is 73.4 cm³/mol. The lowest BCUT2D eigenvalue weighted by atomic mass is 9.92. The first-order chi connectivity index (χ1) is 7.79. The standard InChI is InChI=1S/C12H17BrN2O2/c1-12(2,3)6-7-14-10-8-9(13)4-5-11(10)15(16)17/h4-5,8,14H,6-7H2,1-3H3. The molecular formula is C12H17BrN2O2. The quantitative estimate of drug-likeness (QED) is 0.669. The molecule has 5 heteroatoms. The lowest BCUT2D eigenvalue weighted by Gasteiger charge is -2.18. The van der Waals surface area contributed by atoms with Crippen LogP contribution < -0.4 is 5.32 Å². The molecule has 0 unspecified atom stereocenters. The highest BCUT2D eigenvalue weighted by Gasteiger charge is 2.15. The Morgan fingerprint density at radius 3 is 2.59 bits per heavy atom. The van der Waals surface area contributed by atoms with Crippen molar-refractivity contribution in [3.8, 4) is 0 Å². The molecular weight excluding hydrogens is 284 g/mol. The molecule has 0 aliphatic rings. The summed E-state index contributed by atoms with van der Waals surface area (Å²) in [5.74, 6) is 0. The molecule has 17 heavy (non-hydrogen) atoms. The van der Waals surface area contributed by atoms with Crippen LogP contribution in [0.4, 0.5) is 11.4 Å². The monoisotopic (exact) mass is 300 g/mol. The van der Waals surface area contributed by atoms with Gasteiger partial charge in [-0.25, -0.2) is 0 Å². The Balaban J connectivity index is 2.75. The molecule has 0 atom stereocenters. The van der Waals surface area contributed by atoms with Gasteiger partial charge in [-0.3, -0.25) is 10.1 Å². The summed E-state index contributed by atoms with van der Waals surface area (Å²) in [5.41, 5.74) is 0.893. The van der Waals surface area contributed by atoms with Crippen molar-refractivity contribution < 1.29 is 4.92 Å². The van der Waals surface area contributed by atoms with Gasteiger partial charge in [0, 0.05) is 17.1 Å². The average Bonchev–Trinajstić information content (AvgIpc) is 2.15. The summed E-state index contributed by atoms with van der Waals surface area (Å²) in [5, 5.41) is 14.0. The molecule has 1 aromatic carbocycles. The normalized spacial score (nSPS) is 11.3. The van der Waals surface area contributed by atoms with Gasteiger partial charge in [0.1, 0.15) is 5.69 Å². The molecule has 0 bridgehead atoms. The van der Waals surface area contributed by atoms with Crippen LogP contribution in [0, 0.1) is 15.5 Å². The highest BCUT2D eigenvalue weighted by atomic mass is 79.9. The van der Waals surface area contributed by atoms with E-state index >= 15 is 0 Å². The van der Waals surface area contributed by atoms with Crippen molar-refractivity contribution in [1.29, 1.82) is 0 Å². The molecule has 0 amide bonds. The number of nitro groups is 1. The minimum absolute atomic E-state index is 0.113. The number of nitrogens with zero attached hydrogens (tertiary/aromatic N) is 1. The zero-order valence-electron chi connectivity index (χ0n) is 10.3. The summed E-state index contributed by atoms with van der Waals surface area (Å²) >= 11 is 3.31. The van der Waals surface area contributed by atoms with Gasteiger partial charge in [-0.1, -0.05) is 36.7 Å². The molecule has 1 rings (SSSR count). The van der Waals surface area contributed by atoms with Gasteiger partial charge >= 0.3 is 0 Å². The Kier molecular flexibility index (Phi) is 4.51. The van der Waals surface area contributed by atoms with E-state index in [0.29, 0.717) is 5.69 Å². The highest BCUT2D eigenvalue weighted by Crippen LogP contribution is 2.28. The maximum atomic E-state index is 10.8. The summed E-state index contributed by atoms with van der Waals surface area (Å²) in [7, 11) is 0. The summed E-state index contributed by atoms with van der Waals surface area (Å²) in [6, 6.07) is 4.91. The fourth-order valence-electron chi connectivity index (χ4n) is 1.38. The van der Waals surface area contributed by atoms with Crippen LogP contribution in [0.15, 0.2) is 22.7 Å². The van der Waals surface area contributed by atoms with Crippen molar-refractivity contribution in [1.82, 2.24) is 0 Å². The van der Waals surface area contributed by atoms with Crippen LogP contribution in [0.2, 0.25) is 0 Å². The Bertz CT molecular complexity index is 413. The van der Waals surface area contributed by atoms with Crippen molar-refractivity contribution >= 4 is 27.3 Å². The number of hydrogen-bond donors (Lipinski definition) is 1. The molecule has 0 aliphatic carbocycles. The van der Waals surface area contributed by atoms with Crippen molar-refractivity contribution in [3.05, 3.63) is 32.8 Å². The van der Waals surface area contributed by atoms with Crippen LogP contribution in [-0.4, -0.2) is 11.5 Å². The second-order valence-corrected chi connectivity index (χ2v) is 6.07. The number of rotatable bonds is 4. The fraction of sp³-hybridized carbons (Fsp3) is 0.500. The first-order valence-corrected chi connectivity index (χ1v) is 6.27. The lowest BCUT2D eigenvalue weighted by molar-refractivity contribution is -0.384. The highest BCUT2D eigenvalue weighted by molar-refractivity contribution is 9.10. The third-order valence-corrected chi connectivity index (χ3v) is 2.84. The number of benzene rings is 1.